The Bertz CT molecular complexity index is 357. The fourth-order valence-corrected chi connectivity index (χ4v) is 2.22. The molecular formula is C13H16O2. The molecule has 1 saturated carbocycles. The normalized spacial score (nSPS) is 21.6. The molecule has 1 N–H and O–H groups in total. The highest BCUT2D eigenvalue weighted by Crippen LogP contribution is 2.27. The molecule has 2 heteroatoms. The van der Waals surface area contributed by atoms with Crippen LogP contribution >= 0.6 is 0 Å². The summed E-state index contributed by atoms with van der Waals surface area (Å²) in [6.07, 6.45) is 4.58. The highest BCUT2D eigenvalue weighted by Gasteiger charge is 2.22. The van der Waals surface area contributed by atoms with Crippen LogP contribution in [0.3, 0.4) is 0 Å². The molecule has 0 bridgehead atoms. The fraction of sp³-hybridized carbons (Fsp3) is 0.462. The van der Waals surface area contributed by atoms with Crippen molar-refractivity contribution in [1.29, 1.82) is 0 Å². The fourth-order valence-electron chi connectivity index (χ4n) is 2.22. The predicted molar refractivity (Wildman–Crippen MR) is 58.8 cm³/mol. The number of phenolic OH excluding ortho intramolecular Hbond substituents is 1. The number of ketones is 1. The smallest absolute Gasteiger partial charge is 0.136 e. The number of carbonyl (C=O) groups excluding carboxylic acids is 1. The molecule has 0 heterocycles. The first-order valence-corrected chi connectivity index (χ1v) is 5.57. The van der Waals surface area contributed by atoms with Gasteiger partial charge in [0.25, 0.3) is 0 Å². The number of phenols is 1. The van der Waals surface area contributed by atoms with Gasteiger partial charge in [0, 0.05) is 12.3 Å². The monoisotopic (exact) mass is 204 g/mol. The predicted octanol–water partition coefficient (Wildman–Crippen LogP) is 2.69. The summed E-state index contributed by atoms with van der Waals surface area (Å²) in [4.78, 5) is 11.6. The third-order valence-corrected chi connectivity index (χ3v) is 3.14. The summed E-state index contributed by atoms with van der Waals surface area (Å²) in [5.41, 5.74) is 0.901. The molecule has 0 amide bonds. The van der Waals surface area contributed by atoms with E-state index < -0.39 is 0 Å². The second-order valence-corrected chi connectivity index (χ2v) is 4.24. The molecule has 0 aromatic heterocycles. The van der Waals surface area contributed by atoms with Crippen molar-refractivity contribution in [1.82, 2.24) is 0 Å². The first-order valence-electron chi connectivity index (χ1n) is 5.57. The summed E-state index contributed by atoms with van der Waals surface area (Å²) in [6.45, 7) is 0. The van der Waals surface area contributed by atoms with Crippen molar-refractivity contribution in [2.75, 3.05) is 0 Å². The van der Waals surface area contributed by atoms with Crippen LogP contribution in [-0.2, 0) is 11.2 Å². The lowest BCUT2D eigenvalue weighted by atomic mass is 9.83. The van der Waals surface area contributed by atoms with Crippen LogP contribution in [0.5, 0.6) is 5.75 Å². The number of benzene rings is 1. The Hall–Kier alpha value is -1.31. The zero-order valence-electron chi connectivity index (χ0n) is 8.78. The molecule has 1 unspecified atom stereocenters. The molecule has 1 fully saturated rings. The third kappa shape index (κ3) is 2.38. The maximum atomic E-state index is 11.6. The molecule has 0 aliphatic heterocycles. The van der Waals surface area contributed by atoms with Crippen LogP contribution in [0.4, 0.5) is 0 Å². The average Bonchev–Trinajstić information content (AvgIpc) is 2.24. The Morgan fingerprint density at radius 1 is 1.27 bits per heavy atom. The lowest BCUT2D eigenvalue weighted by molar-refractivity contribution is -0.124. The molecule has 1 aromatic carbocycles. The molecular weight excluding hydrogens is 188 g/mol. The zero-order valence-corrected chi connectivity index (χ0v) is 8.78. The molecule has 15 heavy (non-hydrogen) atoms. The van der Waals surface area contributed by atoms with E-state index in [-0.39, 0.29) is 5.92 Å². The number of para-hydroxylation sites is 1. The molecule has 2 rings (SSSR count). The SMILES string of the molecule is O=C1CCCCC1Cc1ccccc1O. The standard InChI is InChI=1S/C13H16O2/c14-12-7-3-1-5-10(12)9-11-6-2-4-8-13(11)15/h1,3,5,7,11,14H,2,4,6,8-9H2. The molecule has 0 spiro atoms. The molecule has 1 aliphatic carbocycles. The Kier molecular flexibility index (Phi) is 3.05. The molecule has 80 valence electrons. The van der Waals surface area contributed by atoms with E-state index in [1.165, 1.54) is 0 Å². The van der Waals surface area contributed by atoms with E-state index >= 15 is 0 Å². The van der Waals surface area contributed by atoms with Crippen molar-refractivity contribution in [2.45, 2.75) is 32.1 Å². The summed E-state index contributed by atoms with van der Waals surface area (Å²) in [7, 11) is 0. The molecule has 0 radical (unpaired) electrons. The Labute approximate surface area is 89.9 Å². The average molecular weight is 204 g/mol. The lowest BCUT2D eigenvalue weighted by Gasteiger charge is -2.20. The molecule has 0 saturated heterocycles. The van der Waals surface area contributed by atoms with Crippen LogP contribution in [0, 0.1) is 5.92 Å². The molecule has 1 atom stereocenters. The highest BCUT2D eigenvalue weighted by molar-refractivity contribution is 5.82. The van der Waals surface area contributed by atoms with E-state index in [1.807, 2.05) is 18.2 Å². The summed E-state index contributed by atoms with van der Waals surface area (Å²) in [6, 6.07) is 7.30. The van der Waals surface area contributed by atoms with E-state index in [4.69, 9.17) is 0 Å². The second-order valence-electron chi connectivity index (χ2n) is 4.24. The Morgan fingerprint density at radius 2 is 2.07 bits per heavy atom. The van der Waals surface area contributed by atoms with E-state index in [2.05, 4.69) is 0 Å². The van der Waals surface area contributed by atoms with Gasteiger partial charge in [0.05, 0.1) is 0 Å². The van der Waals surface area contributed by atoms with Crippen molar-refractivity contribution in [2.24, 2.45) is 5.92 Å². The van der Waals surface area contributed by atoms with Crippen LogP contribution in [-0.4, -0.2) is 10.9 Å². The quantitative estimate of drug-likeness (QED) is 0.804. The Morgan fingerprint density at radius 3 is 2.80 bits per heavy atom. The van der Waals surface area contributed by atoms with Crippen LogP contribution in [0.15, 0.2) is 24.3 Å². The summed E-state index contributed by atoms with van der Waals surface area (Å²) < 4.78 is 0. The van der Waals surface area contributed by atoms with Gasteiger partial charge in [-0.3, -0.25) is 4.79 Å². The molecule has 1 aromatic rings. The number of Topliss-reactive ketones (excluding diaryl/α,β-unsaturated/α-hetero) is 1. The van der Waals surface area contributed by atoms with Crippen molar-refractivity contribution in [3.63, 3.8) is 0 Å². The van der Waals surface area contributed by atoms with E-state index in [9.17, 15) is 9.90 Å². The van der Waals surface area contributed by atoms with Gasteiger partial charge in [-0.1, -0.05) is 24.6 Å². The number of carbonyl (C=O) groups is 1. The maximum absolute atomic E-state index is 11.6. The van der Waals surface area contributed by atoms with Gasteiger partial charge in [0.1, 0.15) is 11.5 Å². The van der Waals surface area contributed by atoms with Crippen molar-refractivity contribution < 1.29 is 9.90 Å². The second kappa shape index (κ2) is 4.47. The zero-order chi connectivity index (χ0) is 10.7. The van der Waals surface area contributed by atoms with Crippen LogP contribution in [0.1, 0.15) is 31.2 Å². The first-order chi connectivity index (χ1) is 7.27. The number of hydrogen-bond acceptors (Lipinski definition) is 2. The minimum Gasteiger partial charge on any atom is -0.508 e. The van der Waals surface area contributed by atoms with Gasteiger partial charge in [-0.15, -0.1) is 0 Å². The highest BCUT2D eigenvalue weighted by atomic mass is 16.3. The van der Waals surface area contributed by atoms with Gasteiger partial charge in [-0.2, -0.15) is 0 Å². The van der Waals surface area contributed by atoms with Crippen molar-refractivity contribution >= 4 is 5.78 Å². The Balaban J connectivity index is 2.08. The van der Waals surface area contributed by atoms with Crippen molar-refractivity contribution in [3.8, 4) is 5.75 Å². The summed E-state index contributed by atoms with van der Waals surface area (Å²) in [5.74, 6) is 0.812. The third-order valence-electron chi connectivity index (χ3n) is 3.14. The van der Waals surface area contributed by atoms with Crippen LogP contribution in [0.2, 0.25) is 0 Å². The van der Waals surface area contributed by atoms with Gasteiger partial charge >= 0.3 is 0 Å². The lowest BCUT2D eigenvalue weighted by Crippen LogP contribution is -2.21. The van der Waals surface area contributed by atoms with Gasteiger partial charge in [0.2, 0.25) is 0 Å². The van der Waals surface area contributed by atoms with Gasteiger partial charge in [-0.25, -0.2) is 0 Å². The number of aromatic hydroxyl groups is 1. The number of hydrogen-bond donors (Lipinski definition) is 1. The molecule has 1 aliphatic rings. The minimum absolute atomic E-state index is 0.132. The number of rotatable bonds is 2. The first kappa shape index (κ1) is 10.2. The van der Waals surface area contributed by atoms with Crippen LogP contribution in [0.25, 0.3) is 0 Å². The van der Waals surface area contributed by atoms with E-state index in [0.29, 0.717) is 18.0 Å². The summed E-state index contributed by atoms with van der Waals surface area (Å²) >= 11 is 0. The van der Waals surface area contributed by atoms with Crippen molar-refractivity contribution in [3.05, 3.63) is 29.8 Å². The minimum atomic E-state index is 0.132. The largest absolute Gasteiger partial charge is 0.508 e. The van der Waals surface area contributed by atoms with Gasteiger partial charge < -0.3 is 5.11 Å². The van der Waals surface area contributed by atoms with E-state index in [1.54, 1.807) is 6.07 Å². The summed E-state index contributed by atoms with van der Waals surface area (Å²) in [5, 5.41) is 9.62. The van der Waals surface area contributed by atoms with Gasteiger partial charge in [-0.05, 0) is 30.9 Å². The van der Waals surface area contributed by atoms with Gasteiger partial charge in [0.15, 0.2) is 0 Å². The molecule has 2 nitrogen and oxygen atoms in total. The maximum Gasteiger partial charge on any atom is 0.136 e. The topological polar surface area (TPSA) is 37.3 Å². The van der Waals surface area contributed by atoms with Crippen LogP contribution < -0.4 is 0 Å². The van der Waals surface area contributed by atoms with E-state index in [0.717, 1.165) is 31.2 Å².